The zero-order valence-corrected chi connectivity index (χ0v) is 23.6. The minimum absolute atomic E-state index is 0.00610. The highest BCUT2D eigenvalue weighted by atomic mass is 35.5. The fourth-order valence-corrected chi connectivity index (χ4v) is 4.08. The summed E-state index contributed by atoms with van der Waals surface area (Å²) in [5, 5.41) is 39.8. The molecule has 2 rings (SSSR count). The van der Waals surface area contributed by atoms with E-state index in [1.54, 1.807) is 6.08 Å². The number of phenolic OH excluding ortho intramolecular Hbond substituents is 1. The zero-order valence-electron chi connectivity index (χ0n) is 22.1. The van der Waals surface area contributed by atoms with Crippen molar-refractivity contribution >= 4 is 52.7 Å². The number of amides is 2. The molecule has 12 nitrogen and oxygen atoms in total. The average Bonchev–Trinajstić information content (AvgIpc) is 2.88. The zero-order chi connectivity index (χ0) is 29.8. The molecular weight excluding hydrogens is 565 g/mol. The fourth-order valence-electron chi connectivity index (χ4n) is 3.58. The number of aliphatic imine (C=N–C) groups is 1. The third-order valence-electron chi connectivity index (χ3n) is 5.64. The standard InChI is InChI=1S/C26H33Cl2N5O7/c1-3-4-5-6-15(7-20(14(2)34)33-26-30-11-17(35)12-31-26)25(40)29-13-22(36)32-21(10-23(37)38)18-8-16(27)9-19(28)24(18)39/h6-9,17,21,35,39H,3-5,10-13H2,1-2H3,(H,29,40)(H,32,36)(H,37,38)(H2,30,31,33)/b15-6+,20-7+. The monoisotopic (exact) mass is 597 g/mol. The number of benzene rings is 1. The number of rotatable bonds is 13. The summed E-state index contributed by atoms with van der Waals surface area (Å²) in [6.07, 6.45) is 3.93. The molecule has 0 bridgehead atoms. The van der Waals surface area contributed by atoms with E-state index in [1.165, 1.54) is 25.1 Å². The van der Waals surface area contributed by atoms with Gasteiger partial charge < -0.3 is 36.6 Å². The van der Waals surface area contributed by atoms with Gasteiger partial charge in [-0.25, -0.2) is 0 Å². The van der Waals surface area contributed by atoms with Crippen LogP contribution in [0.25, 0.3) is 0 Å². The van der Waals surface area contributed by atoms with Gasteiger partial charge in [0.1, 0.15) is 5.75 Å². The summed E-state index contributed by atoms with van der Waals surface area (Å²) in [6.45, 7) is 3.16. The van der Waals surface area contributed by atoms with E-state index in [2.05, 4.69) is 26.3 Å². The lowest BCUT2D eigenvalue weighted by atomic mass is 10.0. The Labute approximate surface area is 241 Å². The number of carboxylic acid groups (broad SMARTS) is 1. The first kappa shape index (κ1) is 32.6. The van der Waals surface area contributed by atoms with Crippen molar-refractivity contribution in [1.29, 1.82) is 0 Å². The lowest BCUT2D eigenvalue weighted by Gasteiger charge is -2.21. The number of hydrogen-bond donors (Lipinski definition) is 7. The molecule has 2 atom stereocenters. The number of halogens is 2. The second kappa shape index (κ2) is 15.8. The van der Waals surface area contributed by atoms with Crippen LogP contribution >= 0.6 is 23.2 Å². The van der Waals surface area contributed by atoms with Crippen molar-refractivity contribution in [2.24, 2.45) is 4.99 Å². The SMILES string of the molecule is CCCC/C=C(\C=C(\NC1=NCC(O)CN1)C(C)=O)C(=O)NCC(=O)NC(CC(=O)O)c1cc(Cl)cc(Cl)c1O. The number of carbonyl (C=O) groups excluding carboxylic acids is 3. The van der Waals surface area contributed by atoms with Gasteiger partial charge in [-0.15, -0.1) is 0 Å². The maximum Gasteiger partial charge on any atom is 0.305 e. The summed E-state index contributed by atoms with van der Waals surface area (Å²) >= 11 is 11.9. The number of aromatic hydroxyl groups is 1. The van der Waals surface area contributed by atoms with Gasteiger partial charge in [0.15, 0.2) is 11.7 Å². The predicted molar refractivity (Wildman–Crippen MR) is 150 cm³/mol. The number of aliphatic hydroxyl groups is 1. The Morgan fingerprint density at radius 2 is 1.98 bits per heavy atom. The van der Waals surface area contributed by atoms with Crippen molar-refractivity contribution in [3.05, 3.63) is 51.2 Å². The van der Waals surface area contributed by atoms with Gasteiger partial charge in [0.2, 0.25) is 5.91 Å². The van der Waals surface area contributed by atoms with Gasteiger partial charge >= 0.3 is 5.97 Å². The number of unbranched alkanes of at least 4 members (excludes halogenated alkanes) is 2. The summed E-state index contributed by atoms with van der Waals surface area (Å²) in [6, 6.07) is 1.37. The number of aliphatic hydroxyl groups excluding tert-OH is 1. The quantitative estimate of drug-likeness (QED) is 0.101. The Kier molecular flexibility index (Phi) is 12.9. The van der Waals surface area contributed by atoms with E-state index in [1.807, 2.05) is 6.92 Å². The van der Waals surface area contributed by atoms with Crippen LogP contribution in [0.2, 0.25) is 10.0 Å². The number of carboxylic acids is 1. The molecule has 1 aliphatic heterocycles. The van der Waals surface area contributed by atoms with Gasteiger partial charge in [0.25, 0.3) is 5.91 Å². The average molecular weight is 598 g/mol. The van der Waals surface area contributed by atoms with E-state index in [4.69, 9.17) is 23.2 Å². The molecule has 1 aromatic carbocycles. The molecule has 0 saturated heterocycles. The van der Waals surface area contributed by atoms with Gasteiger partial charge in [0.05, 0.1) is 42.4 Å². The number of nitrogens with one attached hydrogen (secondary N) is 4. The number of phenols is 1. The number of hydrogen-bond acceptors (Lipinski definition) is 9. The van der Waals surface area contributed by atoms with E-state index < -0.39 is 48.6 Å². The van der Waals surface area contributed by atoms with Crippen molar-refractivity contribution in [2.75, 3.05) is 19.6 Å². The summed E-state index contributed by atoms with van der Waals surface area (Å²) in [5.74, 6) is -3.18. The number of aliphatic carboxylic acids is 1. The molecule has 1 aromatic rings. The van der Waals surface area contributed by atoms with Gasteiger partial charge in [0, 0.05) is 29.6 Å². The van der Waals surface area contributed by atoms with Crippen molar-refractivity contribution < 1.29 is 34.5 Å². The van der Waals surface area contributed by atoms with Gasteiger partial charge in [-0.1, -0.05) is 49.0 Å². The minimum Gasteiger partial charge on any atom is -0.506 e. The van der Waals surface area contributed by atoms with Crippen LogP contribution in [0.4, 0.5) is 0 Å². The van der Waals surface area contributed by atoms with Crippen LogP contribution in [0.3, 0.4) is 0 Å². The van der Waals surface area contributed by atoms with Crippen LogP contribution in [0.15, 0.2) is 40.5 Å². The van der Waals surface area contributed by atoms with Crippen LogP contribution in [0, 0.1) is 0 Å². The minimum atomic E-state index is -1.26. The lowest BCUT2D eigenvalue weighted by molar-refractivity contribution is -0.138. The van der Waals surface area contributed by atoms with Crippen LogP contribution in [-0.2, 0) is 19.2 Å². The van der Waals surface area contributed by atoms with Crippen molar-refractivity contribution in [3.63, 3.8) is 0 Å². The van der Waals surface area contributed by atoms with Crippen LogP contribution in [0.5, 0.6) is 5.75 Å². The summed E-state index contributed by atoms with van der Waals surface area (Å²) < 4.78 is 0. The van der Waals surface area contributed by atoms with Gasteiger partial charge in [-0.2, -0.15) is 0 Å². The molecule has 2 unspecified atom stereocenters. The molecule has 0 aliphatic carbocycles. The highest BCUT2D eigenvalue weighted by molar-refractivity contribution is 6.35. The largest absolute Gasteiger partial charge is 0.506 e. The first-order valence-corrected chi connectivity index (χ1v) is 13.3. The van der Waals surface area contributed by atoms with Crippen molar-refractivity contribution in [3.8, 4) is 5.75 Å². The molecule has 40 heavy (non-hydrogen) atoms. The number of guanidine groups is 1. The molecule has 0 aromatic heterocycles. The number of carbonyl (C=O) groups is 4. The molecule has 0 radical (unpaired) electrons. The summed E-state index contributed by atoms with van der Waals surface area (Å²) in [4.78, 5) is 53.5. The number of allylic oxidation sites excluding steroid dienone is 2. The van der Waals surface area contributed by atoms with Gasteiger partial charge in [-0.3, -0.25) is 24.2 Å². The smallest absolute Gasteiger partial charge is 0.305 e. The van der Waals surface area contributed by atoms with Crippen molar-refractivity contribution in [2.45, 2.75) is 51.7 Å². The molecule has 1 heterocycles. The first-order chi connectivity index (χ1) is 18.9. The second-order valence-corrected chi connectivity index (χ2v) is 9.83. The first-order valence-electron chi connectivity index (χ1n) is 12.5. The normalized spacial score (nSPS) is 16.3. The number of Topliss-reactive ketones (excluding diaryl/α,β-unsaturated/α-hetero) is 1. The molecule has 218 valence electrons. The Morgan fingerprint density at radius 1 is 1.25 bits per heavy atom. The summed E-state index contributed by atoms with van der Waals surface area (Å²) in [5.41, 5.74) is 0.197. The molecule has 0 saturated carbocycles. The number of nitrogens with zero attached hydrogens (tertiary/aromatic N) is 1. The Balaban J connectivity index is 2.19. The lowest BCUT2D eigenvalue weighted by Crippen LogP contribution is -2.46. The number of ketones is 1. The van der Waals surface area contributed by atoms with E-state index in [9.17, 15) is 34.5 Å². The summed E-state index contributed by atoms with van der Waals surface area (Å²) in [7, 11) is 0. The van der Waals surface area contributed by atoms with Crippen LogP contribution in [-0.4, -0.2) is 70.6 Å². The molecule has 2 amide bonds. The van der Waals surface area contributed by atoms with Crippen LogP contribution in [0.1, 0.15) is 51.1 Å². The topological polar surface area (TPSA) is 189 Å². The van der Waals surface area contributed by atoms with E-state index in [-0.39, 0.29) is 51.7 Å². The van der Waals surface area contributed by atoms with Crippen LogP contribution < -0.4 is 21.3 Å². The Hall–Kier alpha value is -3.61. The molecule has 14 heteroatoms. The van der Waals surface area contributed by atoms with E-state index in [0.29, 0.717) is 6.42 Å². The molecule has 1 aliphatic rings. The maximum atomic E-state index is 13.0. The second-order valence-electron chi connectivity index (χ2n) is 8.99. The van der Waals surface area contributed by atoms with E-state index >= 15 is 0 Å². The predicted octanol–water partition coefficient (Wildman–Crippen LogP) is 1.95. The third-order valence-corrected chi connectivity index (χ3v) is 6.14. The highest BCUT2D eigenvalue weighted by Gasteiger charge is 2.24. The Morgan fingerprint density at radius 3 is 2.58 bits per heavy atom. The third kappa shape index (κ3) is 10.5. The molecule has 7 N–H and O–H groups in total. The van der Waals surface area contributed by atoms with E-state index in [0.717, 1.165) is 12.8 Å². The molecule has 0 spiro atoms. The molecular formula is C26H33Cl2N5O7. The van der Waals surface area contributed by atoms with Crippen molar-refractivity contribution in [1.82, 2.24) is 21.3 Å². The molecule has 0 fully saturated rings. The number of β-amino-alcohol motifs (C(OH)–C–C–N with tert-alkyl or cyclic N) is 1. The Bertz CT molecular complexity index is 1220. The maximum absolute atomic E-state index is 13.0. The fraction of sp³-hybridized carbons (Fsp3) is 0.423. The van der Waals surface area contributed by atoms with Gasteiger partial charge in [-0.05, 0) is 24.6 Å². The highest BCUT2D eigenvalue weighted by Crippen LogP contribution is 2.36.